The Morgan fingerprint density at radius 1 is 1.42 bits per heavy atom. The third-order valence-electron chi connectivity index (χ3n) is 2.90. The number of aryl methyl sites for hydroxylation is 1. The smallest absolute Gasteiger partial charge is 0.269 e. The molecule has 0 fully saturated rings. The first-order valence-corrected chi connectivity index (χ1v) is 5.92. The Bertz CT molecular complexity index is 694. The van der Waals surface area contributed by atoms with Gasteiger partial charge in [-0.3, -0.25) is 4.79 Å². The molecule has 0 aliphatic rings. The van der Waals surface area contributed by atoms with E-state index in [2.05, 4.69) is 20.3 Å². The van der Waals surface area contributed by atoms with E-state index in [1.165, 1.54) is 6.20 Å². The van der Waals surface area contributed by atoms with Crippen molar-refractivity contribution in [3.63, 3.8) is 0 Å². The number of aromatic nitrogens is 4. The van der Waals surface area contributed by atoms with Crippen LogP contribution in [0.3, 0.4) is 0 Å². The van der Waals surface area contributed by atoms with Crippen LogP contribution in [0.25, 0.3) is 11.0 Å². The van der Waals surface area contributed by atoms with Crippen molar-refractivity contribution in [3.8, 4) is 0 Å². The molecule has 1 aromatic carbocycles. The van der Waals surface area contributed by atoms with E-state index in [-0.39, 0.29) is 5.91 Å². The third kappa shape index (κ3) is 2.20. The number of rotatable bonds is 3. The summed E-state index contributed by atoms with van der Waals surface area (Å²) < 4.78 is 1.67. The zero-order chi connectivity index (χ0) is 13.2. The first-order valence-electron chi connectivity index (χ1n) is 5.92. The predicted molar refractivity (Wildman–Crippen MR) is 70.5 cm³/mol. The molecule has 2 aromatic heterocycles. The van der Waals surface area contributed by atoms with Crippen LogP contribution in [0.5, 0.6) is 0 Å². The van der Waals surface area contributed by atoms with Gasteiger partial charge in [0.1, 0.15) is 11.5 Å². The number of carbonyl (C=O) groups is 1. The van der Waals surface area contributed by atoms with Gasteiger partial charge in [-0.2, -0.15) is 0 Å². The summed E-state index contributed by atoms with van der Waals surface area (Å²) in [5.74, 6) is 0.567. The standard InChI is InChI=1S/C13H13N5O/c1-18-8-14-6-11(18)13(19)15-7-12-16-9-4-2-3-5-10(9)17-12/h2-6,8H,7H2,1H3,(H,15,19)(H,16,17). The summed E-state index contributed by atoms with van der Waals surface area (Å²) in [7, 11) is 1.78. The van der Waals surface area contributed by atoms with E-state index in [9.17, 15) is 4.79 Å². The lowest BCUT2D eigenvalue weighted by atomic mass is 10.3. The lowest BCUT2D eigenvalue weighted by Gasteiger charge is -2.03. The van der Waals surface area contributed by atoms with Crippen LogP contribution in [0, 0.1) is 0 Å². The molecular formula is C13H13N5O. The average Bonchev–Trinajstić information content (AvgIpc) is 3.01. The number of nitrogens with one attached hydrogen (secondary N) is 2. The van der Waals surface area contributed by atoms with E-state index in [1.807, 2.05) is 24.3 Å². The maximum Gasteiger partial charge on any atom is 0.269 e. The molecular weight excluding hydrogens is 242 g/mol. The molecule has 0 saturated heterocycles. The Morgan fingerprint density at radius 3 is 3.00 bits per heavy atom. The summed E-state index contributed by atoms with van der Waals surface area (Å²) in [6, 6.07) is 7.76. The molecule has 1 amide bonds. The van der Waals surface area contributed by atoms with E-state index in [1.54, 1.807) is 17.9 Å². The quantitative estimate of drug-likeness (QED) is 0.739. The topological polar surface area (TPSA) is 75.6 Å². The maximum absolute atomic E-state index is 11.9. The van der Waals surface area contributed by atoms with Gasteiger partial charge in [0.25, 0.3) is 5.91 Å². The fraction of sp³-hybridized carbons (Fsp3) is 0.154. The molecule has 0 unspecified atom stereocenters. The fourth-order valence-electron chi connectivity index (χ4n) is 1.92. The van der Waals surface area contributed by atoms with Gasteiger partial charge in [-0.05, 0) is 12.1 Å². The first kappa shape index (κ1) is 11.5. The SMILES string of the molecule is Cn1cncc1C(=O)NCc1nc2ccccc2[nH]1. The van der Waals surface area contributed by atoms with Crippen LogP contribution in [-0.4, -0.2) is 25.4 Å². The predicted octanol–water partition coefficient (Wildman–Crippen LogP) is 1.23. The zero-order valence-corrected chi connectivity index (χ0v) is 10.4. The number of fused-ring (bicyclic) bond motifs is 1. The molecule has 2 N–H and O–H groups in total. The van der Waals surface area contributed by atoms with Crippen molar-refractivity contribution < 1.29 is 4.79 Å². The molecule has 3 aromatic rings. The van der Waals surface area contributed by atoms with Gasteiger partial charge in [-0.15, -0.1) is 0 Å². The highest BCUT2D eigenvalue weighted by Gasteiger charge is 2.10. The first-order chi connectivity index (χ1) is 9.24. The minimum atomic E-state index is -0.166. The number of hydrogen-bond donors (Lipinski definition) is 2. The van der Waals surface area contributed by atoms with E-state index < -0.39 is 0 Å². The van der Waals surface area contributed by atoms with Gasteiger partial charge in [0.05, 0.1) is 30.1 Å². The van der Waals surface area contributed by atoms with Crippen LogP contribution < -0.4 is 5.32 Å². The van der Waals surface area contributed by atoms with Crippen molar-refractivity contribution in [3.05, 3.63) is 48.3 Å². The third-order valence-corrected chi connectivity index (χ3v) is 2.90. The van der Waals surface area contributed by atoms with Crippen LogP contribution in [0.15, 0.2) is 36.8 Å². The normalized spacial score (nSPS) is 10.8. The largest absolute Gasteiger partial charge is 0.343 e. The number of benzene rings is 1. The highest BCUT2D eigenvalue weighted by atomic mass is 16.1. The second-order valence-electron chi connectivity index (χ2n) is 4.27. The second-order valence-corrected chi connectivity index (χ2v) is 4.27. The summed E-state index contributed by atoms with van der Waals surface area (Å²) >= 11 is 0. The highest BCUT2D eigenvalue weighted by molar-refractivity contribution is 5.92. The molecule has 0 spiro atoms. The van der Waals surface area contributed by atoms with Crippen LogP contribution in [0.1, 0.15) is 16.3 Å². The van der Waals surface area contributed by atoms with Gasteiger partial charge in [0.15, 0.2) is 0 Å². The van der Waals surface area contributed by atoms with Crippen molar-refractivity contribution in [1.29, 1.82) is 0 Å². The molecule has 0 aliphatic carbocycles. The molecule has 0 radical (unpaired) electrons. The molecule has 0 aliphatic heterocycles. The van der Waals surface area contributed by atoms with Crippen molar-refractivity contribution in [1.82, 2.24) is 24.8 Å². The molecule has 2 heterocycles. The Labute approximate surface area is 109 Å². The van der Waals surface area contributed by atoms with E-state index in [4.69, 9.17) is 0 Å². The molecule has 96 valence electrons. The molecule has 6 heteroatoms. The van der Waals surface area contributed by atoms with Gasteiger partial charge in [-0.1, -0.05) is 12.1 Å². The highest BCUT2D eigenvalue weighted by Crippen LogP contribution is 2.10. The minimum Gasteiger partial charge on any atom is -0.343 e. The van der Waals surface area contributed by atoms with Gasteiger partial charge in [-0.25, -0.2) is 9.97 Å². The number of hydrogen-bond acceptors (Lipinski definition) is 3. The number of carbonyl (C=O) groups excluding carboxylic acids is 1. The van der Waals surface area contributed by atoms with Gasteiger partial charge >= 0.3 is 0 Å². The lowest BCUT2D eigenvalue weighted by Crippen LogP contribution is -2.25. The Morgan fingerprint density at radius 2 is 2.26 bits per heavy atom. The van der Waals surface area contributed by atoms with Gasteiger partial charge in [0, 0.05) is 7.05 Å². The van der Waals surface area contributed by atoms with E-state index >= 15 is 0 Å². The monoisotopic (exact) mass is 255 g/mol. The van der Waals surface area contributed by atoms with Crippen LogP contribution in [-0.2, 0) is 13.6 Å². The zero-order valence-electron chi connectivity index (χ0n) is 10.4. The summed E-state index contributed by atoms with van der Waals surface area (Å²) in [5.41, 5.74) is 2.38. The molecule has 3 rings (SSSR count). The van der Waals surface area contributed by atoms with Crippen molar-refractivity contribution >= 4 is 16.9 Å². The number of amides is 1. The minimum absolute atomic E-state index is 0.166. The van der Waals surface area contributed by atoms with Crippen LogP contribution in [0.2, 0.25) is 0 Å². The number of imidazole rings is 2. The molecule has 0 atom stereocenters. The molecule has 19 heavy (non-hydrogen) atoms. The number of H-pyrrole nitrogens is 1. The Hall–Kier alpha value is -2.63. The summed E-state index contributed by atoms with van der Waals surface area (Å²) in [4.78, 5) is 23.4. The summed E-state index contributed by atoms with van der Waals surface area (Å²) in [6.45, 7) is 0.360. The lowest BCUT2D eigenvalue weighted by molar-refractivity contribution is 0.0942. The van der Waals surface area contributed by atoms with E-state index in [0.717, 1.165) is 16.9 Å². The van der Waals surface area contributed by atoms with Crippen molar-refractivity contribution in [2.24, 2.45) is 7.05 Å². The van der Waals surface area contributed by atoms with Gasteiger partial charge < -0.3 is 14.9 Å². The number of nitrogens with zero attached hydrogens (tertiary/aromatic N) is 3. The van der Waals surface area contributed by atoms with Gasteiger partial charge in [0.2, 0.25) is 0 Å². The average molecular weight is 255 g/mol. The Balaban J connectivity index is 1.72. The molecule has 0 saturated carbocycles. The Kier molecular flexibility index (Phi) is 2.75. The molecule has 6 nitrogen and oxygen atoms in total. The van der Waals surface area contributed by atoms with Crippen molar-refractivity contribution in [2.45, 2.75) is 6.54 Å². The molecule has 0 bridgehead atoms. The maximum atomic E-state index is 11.9. The van der Waals surface area contributed by atoms with Crippen LogP contribution >= 0.6 is 0 Å². The fourth-order valence-corrected chi connectivity index (χ4v) is 1.92. The summed E-state index contributed by atoms with van der Waals surface area (Å²) in [6.07, 6.45) is 3.13. The second kappa shape index (κ2) is 4.56. The number of aromatic amines is 1. The van der Waals surface area contributed by atoms with E-state index in [0.29, 0.717) is 12.2 Å². The number of para-hydroxylation sites is 2. The van der Waals surface area contributed by atoms with Crippen molar-refractivity contribution in [2.75, 3.05) is 0 Å². The van der Waals surface area contributed by atoms with Crippen LogP contribution in [0.4, 0.5) is 0 Å². The summed E-state index contributed by atoms with van der Waals surface area (Å²) in [5, 5.41) is 2.81.